The SMILES string of the molecule is CCN(CC)c1ccc(CNc2ccc(NC)cc2)cc1. The largest absolute Gasteiger partial charge is 0.388 e. The second-order valence-corrected chi connectivity index (χ2v) is 5.02. The summed E-state index contributed by atoms with van der Waals surface area (Å²) < 4.78 is 0. The number of rotatable bonds is 7. The van der Waals surface area contributed by atoms with Gasteiger partial charge in [0.25, 0.3) is 0 Å². The van der Waals surface area contributed by atoms with E-state index in [1.54, 1.807) is 0 Å². The van der Waals surface area contributed by atoms with Crippen LogP contribution in [-0.4, -0.2) is 20.1 Å². The fourth-order valence-corrected chi connectivity index (χ4v) is 2.37. The fraction of sp³-hybridized carbons (Fsp3) is 0.333. The van der Waals surface area contributed by atoms with E-state index in [1.165, 1.54) is 11.3 Å². The highest BCUT2D eigenvalue weighted by molar-refractivity contribution is 5.54. The minimum Gasteiger partial charge on any atom is -0.388 e. The third-order valence-electron chi connectivity index (χ3n) is 3.74. The predicted molar refractivity (Wildman–Crippen MR) is 93.3 cm³/mol. The maximum absolute atomic E-state index is 3.45. The minimum atomic E-state index is 0.845. The molecule has 3 nitrogen and oxygen atoms in total. The highest BCUT2D eigenvalue weighted by Crippen LogP contribution is 2.17. The second-order valence-electron chi connectivity index (χ2n) is 5.02. The van der Waals surface area contributed by atoms with Crippen LogP contribution in [-0.2, 0) is 6.54 Å². The zero-order chi connectivity index (χ0) is 15.1. The summed E-state index contributed by atoms with van der Waals surface area (Å²) in [5, 5.41) is 6.57. The van der Waals surface area contributed by atoms with Gasteiger partial charge in [-0.25, -0.2) is 0 Å². The molecule has 0 saturated heterocycles. The van der Waals surface area contributed by atoms with Gasteiger partial charge in [-0.3, -0.25) is 0 Å². The lowest BCUT2D eigenvalue weighted by Crippen LogP contribution is -2.21. The smallest absolute Gasteiger partial charge is 0.0400 e. The molecule has 0 aromatic heterocycles. The van der Waals surface area contributed by atoms with Crippen LogP contribution in [0.4, 0.5) is 17.1 Å². The Bertz CT molecular complexity index is 527. The van der Waals surface area contributed by atoms with Crippen LogP contribution >= 0.6 is 0 Å². The molecule has 0 bridgehead atoms. The van der Waals surface area contributed by atoms with Gasteiger partial charge in [-0.05, 0) is 55.8 Å². The van der Waals surface area contributed by atoms with E-state index in [4.69, 9.17) is 0 Å². The van der Waals surface area contributed by atoms with Crippen LogP contribution in [0.2, 0.25) is 0 Å². The summed E-state index contributed by atoms with van der Waals surface area (Å²) in [7, 11) is 1.93. The summed E-state index contributed by atoms with van der Waals surface area (Å²) >= 11 is 0. The van der Waals surface area contributed by atoms with Crippen LogP contribution in [0, 0.1) is 0 Å². The van der Waals surface area contributed by atoms with Gasteiger partial charge in [0.1, 0.15) is 0 Å². The van der Waals surface area contributed by atoms with Crippen molar-refractivity contribution in [3.8, 4) is 0 Å². The third-order valence-corrected chi connectivity index (χ3v) is 3.74. The molecule has 0 unspecified atom stereocenters. The molecule has 0 atom stereocenters. The average molecular weight is 283 g/mol. The Hall–Kier alpha value is -2.16. The molecule has 2 aromatic rings. The predicted octanol–water partition coefficient (Wildman–Crippen LogP) is 4.19. The molecule has 0 saturated carbocycles. The van der Waals surface area contributed by atoms with E-state index in [-0.39, 0.29) is 0 Å². The summed E-state index contributed by atoms with van der Waals surface area (Å²) in [5.41, 5.74) is 4.86. The molecule has 2 aromatic carbocycles. The van der Waals surface area contributed by atoms with Crippen molar-refractivity contribution in [2.24, 2.45) is 0 Å². The van der Waals surface area contributed by atoms with Gasteiger partial charge >= 0.3 is 0 Å². The summed E-state index contributed by atoms with van der Waals surface area (Å²) in [6.07, 6.45) is 0. The van der Waals surface area contributed by atoms with Crippen molar-refractivity contribution in [2.45, 2.75) is 20.4 Å². The van der Waals surface area contributed by atoms with Crippen molar-refractivity contribution in [3.05, 3.63) is 54.1 Å². The van der Waals surface area contributed by atoms with Gasteiger partial charge in [-0.15, -0.1) is 0 Å². The zero-order valence-electron chi connectivity index (χ0n) is 13.2. The van der Waals surface area contributed by atoms with Crippen LogP contribution in [0.5, 0.6) is 0 Å². The first kappa shape index (κ1) is 15.2. The monoisotopic (exact) mass is 283 g/mol. The summed E-state index contributed by atoms with van der Waals surface area (Å²) in [5.74, 6) is 0. The molecule has 2 rings (SSSR count). The van der Waals surface area contributed by atoms with Crippen molar-refractivity contribution in [1.82, 2.24) is 0 Å². The quantitative estimate of drug-likeness (QED) is 0.798. The minimum absolute atomic E-state index is 0.845. The molecule has 0 aliphatic rings. The average Bonchev–Trinajstić information content (AvgIpc) is 2.55. The molecule has 0 aliphatic carbocycles. The van der Waals surface area contributed by atoms with Crippen LogP contribution in [0.3, 0.4) is 0 Å². The van der Waals surface area contributed by atoms with Gasteiger partial charge < -0.3 is 15.5 Å². The summed E-state index contributed by atoms with van der Waals surface area (Å²) in [6, 6.07) is 17.1. The Morgan fingerprint density at radius 2 is 1.38 bits per heavy atom. The van der Waals surface area contributed by atoms with Crippen molar-refractivity contribution in [3.63, 3.8) is 0 Å². The number of anilines is 3. The molecule has 0 aliphatic heterocycles. The van der Waals surface area contributed by atoms with Crippen molar-refractivity contribution >= 4 is 17.1 Å². The Balaban J connectivity index is 1.93. The zero-order valence-corrected chi connectivity index (χ0v) is 13.2. The number of benzene rings is 2. The fourth-order valence-electron chi connectivity index (χ4n) is 2.37. The van der Waals surface area contributed by atoms with E-state index in [2.05, 4.69) is 77.9 Å². The Morgan fingerprint density at radius 1 is 0.810 bits per heavy atom. The molecular formula is C18H25N3. The normalized spacial score (nSPS) is 10.2. The molecule has 0 fully saturated rings. The molecule has 0 heterocycles. The second kappa shape index (κ2) is 7.58. The first-order valence-electron chi connectivity index (χ1n) is 7.62. The van der Waals surface area contributed by atoms with Crippen LogP contribution in [0.1, 0.15) is 19.4 Å². The molecule has 2 N–H and O–H groups in total. The van der Waals surface area contributed by atoms with Gasteiger partial charge in [0.05, 0.1) is 0 Å². The topological polar surface area (TPSA) is 27.3 Å². The molecule has 0 amide bonds. The van der Waals surface area contributed by atoms with Gasteiger partial charge in [-0.2, -0.15) is 0 Å². The van der Waals surface area contributed by atoms with Gasteiger partial charge in [0.2, 0.25) is 0 Å². The molecule has 0 spiro atoms. The van der Waals surface area contributed by atoms with Crippen molar-refractivity contribution in [1.29, 1.82) is 0 Å². The third kappa shape index (κ3) is 4.15. The summed E-state index contributed by atoms with van der Waals surface area (Å²) in [4.78, 5) is 2.35. The first-order valence-corrected chi connectivity index (χ1v) is 7.62. The lowest BCUT2D eigenvalue weighted by molar-refractivity contribution is 0.865. The van der Waals surface area contributed by atoms with E-state index in [9.17, 15) is 0 Å². The van der Waals surface area contributed by atoms with E-state index < -0.39 is 0 Å². The Labute approximate surface area is 128 Å². The Kier molecular flexibility index (Phi) is 5.50. The molecule has 3 heteroatoms. The van der Waals surface area contributed by atoms with E-state index in [0.29, 0.717) is 0 Å². The van der Waals surface area contributed by atoms with E-state index in [1.807, 2.05) is 7.05 Å². The maximum atomic E-state index is 3.45. The first-order chi connectivity index (χ1) is 10.3. The molecule has 21 heavy (non-hydrogen) atoms. The number of nitrogens with zero attached hydrogens (tertiary/aromatic N) is 1. The van der Waals surface area contributed by atoms with Gasteiger partial charge in [-0.1, -0.05) is 12.1 Å². The number of hydrogen-bond donors (Lipinski definition) is 2. The molecule has 0 radical (unpaired) electrons. The highest BCUT2D eigenvalue weighted by atomic mass is 15.1. The van der Waals surface area contributed by atoms with Crippen molar-refractivity contribution < 1.29 is 0 Å². The lowest BCUT2D eigenvalue weighted by atomic mass is 10.2. The van der Waals surface area contributed by atoms with E-state index in [0.717, 1.165) is 31.0 Å². The Morgan fingerprint density at radius 3 is 1.90 bits per heavy atom. The summed E-state index contributed by atoms with van der Waals surface area (Å²) in [6.45, 7) is 7.32. The molecule has 112 valence electrons. The highest BCUT2D eigenvalue weighted by Gasteiger charge is 2.01. The molecular weight excluding hydrogens is 258 g/mol. The maximum Gasteiger partial charge on any atom is 0.0400 e. The van der Waals surface area contributed by atoms with E-state index >= 15 is 0 Å². The standard InChI is InChI=1S/C18H25N3/c1-4-21(5-2)18-12-6-15(7-13-18)14-20-17-10-8-16(19-3)9-11-17/h6-13,19-20H,4-5,14H2,1-3H3. The van der Waals surface area contributed by atoms with Gasteiger partial charge in [0.15, 0.2) is 0 Å². The lowest BCUT2D eigenvalue weighted by Gasteiger charge is -2.21. The van der Waals surface area contributed by atoms with Crippen LogP contribution in [0.25, 0.3) is 0 Å². The van der Waals surface area contributed by atoms with Crippen LogP contribution in [0.15, 0.2) is 48.5 Å². The number of hydrogen-bond acceptors (Lipinski definition) is 3. The van der Waals surface area contributed by atoms with Crippen LogP contribution < -0.4 is 15.5 Å². The van der Waals surface area contributed by atoms with Crippen molar-refractivity contribution in [2.75, 3.05) is 35.7 Å². The van der Waals surface area contributed by atoms with Gasteiger partial charge in [0, 0.05) is 43.7 Å². The number of nitrogens with one attached hydrogen (secondary N) is 2.